The maximum absolute atomic E-state index is 10.6. The molecule has 6 nitrogen and oxygen atoms in total. The van der Waals surface area contributed by atoms with Gasteiger partial charge in [-0.25, -0.2) is 10.2 Å². The fraction of sp³-hybridized carbons (Fsp3) is 0.500. The second kappa shape index (κ2) is 4.32. The van der Waals surface area contributed by atoms with Crippen molar-refractivity contribution in [1.82, 2.24) is 5.43 Å². The molecule has 0 aromatic carbocycles. The zero-order valence-corrected chi connectivity index (χ0v) is 7.00. The van der Waals surface area contributed by atoms with Crippen LogP contribution in [0, 0.1) is 5.92 Å². The van der Waals surface area contributed by atoms with E-state index in [-0.39, 0.29) is 0 Å². The molecule has 0 bridgehead atoms. The summed E-state index contributed by atoms with van der Waals surface area (Å²) in [6, 6.07) is -0.772. The van der Waals surface area contributed by atoms with Gasteiger partial charge in [-0.05, 0) is 13.8 Å². The number of hydrogen-bond donors (Lipinski definition) is 3. The molecular formula is C6H12N4O2. The number of rotatable bonds is 3. The Labute approximate surface area is 70.0 Å². The summed E-state index contributed by atoms with van der Waals surface area (Å²) >= 11 is 0. The summed E-state index contributed by atoms with van der Waals surface area (Å²) in [6.45, 7) is 3.16. The van der Waals surface area contributed by atoms with Gasteiger partial charge in [0.1, 0.15) is 0 Å². The third kappa shape index (κ3) is 3.55. The minimum atomic E-state index is -0.772. The molecular weight excluding hydrogens is 160 g/mol. The predicted molar refractivity (Wildman–Crippen MR) is 44.2 cm³/mol. The van der Waals surface area contributed by atoms with E-state index in [1.165, 1.54) is 0 Å². The Morgan fingerprint density at radius 1 is 1.42 bits per heavy atom. The van der Waals surface area contributed by atoms with Crippen LogP contribution in [0.15, 0.2) is 5.10 Å². The molecule has 6 heteroatoms. The predicted octanol–water partition coefficient (Wildman–Crippen LogP) is -0.848. The van der Waals surface area contributed by atoms with Crippen molar-refractivity contribution < 1.29 is 9.59 Å². The van der Waals surface area contributed by atoms with Gasteiger partial charge in [0.05, 0.1) is 5.92 Å². The molecule has 0 aromatic heterocycles. The van der Waals surface area contributed by atoms with E-state index in [0.717, 1.165) is 0 Å². The van der Waals surface area contributed by atoms with Crippen LogP contribution in [0.1, 0.15) is 13.8 Å². The van der Waals surface area contributed by atoms with Gasteiger partial charge < -0.3 is 11.5 Å². The summed E-state index contributed by atoms with van der Waals surface area (Å²) in [4.78, 5) is 20.8. The van der Waals surface area contributed by atoms with Gasteiger partial charge in [0, 0.05) is 5.71 Å². The molecule has 5 N–H and O–H groups in total. The molecule has 0 aliphatic rings. The number of amides is 3. The Kier molecular flexibility index (Phi) is 3.75. The van der Waals surface area contributed by atoms with Crippen LogP contribution in [0.4, 0.5) is 4.79 Å². The lowest BCUT2D eigenvalue weighted by Gasteiger charge is -2.05. The number of hydrogen-bond acceptors (Lipinski definition) is 3. The molecule has 1 atom stereocenters. The second-order valence-electron chi connectivity index (χ2n) is 2.35. The Balaban J connectivity index is 4.17. The van der Waals surface area contributed by atoms with Crippen LogP contribution in [-0.2, 0) is 4.79 Å². The summed E-state index contributed by atoms with van der Waals surface area (Å²) in [5, 5.41) is 3.54. The van der Waals surface area contributed by atoms with Gasteiger partial charge in [-0.2, -0.15) is 5.10 Å². The van der Waals surface area contributed by atoms with E-state index >= 15 is 0 Å². The highest BCUT2D eigenvalue weighted by Gasteiger charge is 2.11. The van der Waals surface area contributed by atoms with Crippen molar-refractivity contribution in [2.75, 3.05) is 0 Å². The van der Waals surface area contributed by atoms with Crippen molar-refractivity contribution in [3.63, 3.8) is 0 Å². The molecule has 0 radical (unpaired) electrons. The molecule has 0 heterocycles. The largest absolute Gasteiger partial charge is 0.369 e. The third-order valence-corrected chi connectivity index (χ3v) is 1.40. The topological polar surface area (TPSA) is 111 Å². The summed E-state index contributed by atoms with van der Waals surface area (Å²) in [5.41, 5.74) is 12.1. The minimum absolute atomic E-state index is 0.418. The second-order valence-corrected chi connectivity index (χ2v) is 2.35. The molecule has 0 fully saturated rings. The maximum atomic E-state index is 10.6. The van der Waals surface area contributed by atoms with Gasteiger partial charge in [0.15, 0.2) is 0 Å². The van der Waals surface area contributed by atoms with Crippen molar-refractivity contribution in [1.29, 1.82) is 0 Å². The van der Waals surface area contributed by atoms with Crippen molar-refractivity contribution in [3.05, 3.63) is 0 Å². The van der Waals surface area contributed by atoms with Crippen LogP contribution in [-0.4, -0.2) is 17.6 Å². The summed E-state index contributed by atoms with van der Waals surface area (Å²) in [5.74, 6) is -1.00. The molecule has 0 spiro atoms. The Morgan fingerprint density at radius 2 is 1.92 bits per heavy atom. The van der Waals surface area contributed by atoms with E-state index in [0.29, 0.717) is 5.71 Å². The monoisotopic (exact) mass is 172 g/mol. The summed E-state index contributed by atoms with van der Waals surface area (Å²) in [7, 11) is 0. The highest BCUT2D eigenvalue weighted by molar-refractivity contribution is 6.02. The van der Waals surface area contributed by atoms with Gasteiger partial charge >= 0.3 is 6.03 Å². The SMILES string of the molecule is CC(=NNC(N)=O)C(C)C(N)=O. The molecule has 0 saturated carbocycles. The lowest BCUT2D eigenvalue weighted by molar-refractivity contribution is -0.119. The number of carbonyl (C=O) groups excluding carboxylic acids is 2. The van der Waals surface area contributed by atoms with Crippen LogP contribution in [0.5, 0.6) is 0 Å². The van der Waals surface area contributed by atoms with E-state index in [1.54, 1.807) is 13.8 Å². The van der Waals surface area contributed by atoms with Gasteiger partial charge in [0.2, 0.25) is 5.91 Å². The summed E-state index contributed by atoms with van der Waals surface area (Å²) in [6.07, 6.45) is 0. The Morgan fingerprint density at radius 3 is 2.25 bits per heavy atom. The maximum Gasteiger partial charge on any atom is 0.332 e. The Hall–Kier alpha value is -1.59. The normalized spacial score (nSPS) is 13.7. The lowest BCUT2D eigenvalue weighted by Crippen LogP contribution is -2.30. The van der Waals surface area contributed by atoms with Crippen molar-refractivity contribution in [3.8, 4) is 0 Å². The fourth-order valence-corrected chi connectivity index (χ4v) is 0.446. The van der Waals surface area contributed by atoms with Crippen LogP contribution < -0.4 is 16.9 Å². The quantitative estimate of drug-likeness (QED) is 0.380. The molecule has 68 valence electrons. The summed E-state index contributed by atoms with van der Waals surface area (Å²) < 4.78 is 0. The third-order valence-electron chi connectivity index (χ3n) is 1.40. The van der Waals surface area contributed by atoms with E-state index in [4.69, 9.17) is 11.5 Å². The van der Waals surface area contributed by atoms with Crippen LogP contribution in [0.25, 0.3) is 0 Å². The lowest BCUT2D eigenvalue weighted by atomic mass is 10.1. The first-order valence-corrected chi connectivity index (χ1v) is 3.34. The Bertz CT molecular complexity index is 224. The highest BCUT2D eigenvalue weighted by Crippen LogP contribution is 1.95. The molecule has 12 heavy (non-hydrogen) atoms. The van der Waals surface area contributed by atoms with Crippen molar-refractivity contribution in [2.24, 2.45) is 22.5 Å². The molecule has 0 aromatic rings. The molecule has 3 amide bonds. The van der Waals surface area contributed by atoms with Gasteiger partial charge in [0.25, 0.3) is 0 Å². The van der Waals surface area contributed by atoms with Crippen LogP contribution in [0.2, 0.25) is 0 Å². The van der Waals surface area contributed by atoms with E-state index in [1.807, 2.05) is 5.43 Å². The standard InChI is InChI=1S/C6H12N4O2/c1-3(5(7)11)4(2)9-10-6(8)12/h3H,1-2H3,(H2,7,11)(H3,8,10,12). The molecule has 0 aliphatic heterocycles. The van der Waals surface area contributed by atoms with E-state index < -0.39 is 17.9 Å². The number of primary amides is 2. The number of hydrazone groups is 1. The smallest absolute Gasteiger partial charge is 0.332 e. The molecule has 0 rings (SSSR count). The number of nitrogens with two attached hydrogens (primary N) is 2. The van der Waals surface area contributed by atoms with Crippen LogP contribution in [0.3, 0.4) is 0 Å². The zero-order valence-electron chi connectivity index (χ0n) is 7.00. The first kappa shape index (κ1) is 10.4. The van der Waals surface area contributed by atoms with Crippen LogP contribution >= 0.6 is 0 Å². The molecule has 0 aliphatic carbocycles. The minimum Gasteiger partial charge on any atom is -0.369 e. The highest BCUT2D eigenvalue weighted by atomic mass is 16.2. The van der Waals surface area contributed by atoms with Gasteiger partial charge in [-0.15, -0.1) is 0 Å². The molecule has 0 saturated heterocycles. The number of urea groups is 1. The number of carbonyl (C=O) groups is 2. The molecule has 1 unspecified atom stereocenters. The average Bonchev–Trinajstić information content (AvgIpc) is 1.98. The number of nitrogens with zero attached hydrogens (tertiary/aromatic N) is 1. The first-order valence-electron chi connectivity index (χ1n) is 3.34. The van der Waals surface area contributed by atoms with Crippen molar-refractivity contribution in [2.45, 2.75) is 13.8 Å². The fourth-order valence-electron chi connectivity index (χ4n) is 0.446. The first-order chi connectivity index (χ1) is 5.45. The van der Waals surface area contributed by atoms with E-state index in [2.05, 4.69) is 5.10 Å². The zero-order chi connectivity index (χ0) is 9.72. The van der Waals surface area contributed by atoms with Crippen molar-refractivity contribution >= 4 is 17.6 Å². The van der Waals surface area contributed by atoms with Gasteiger partial charge in [-0.3, -0.25) is 4.79 Å². The van der Waals surface area contributed by atoms with Gasteiger partial charge in [-0.1, -0.05) is 0 Å². The average molecular weight is 172 g/mol. The number of nitrogens with one attached hydrogen (secondary N) is 1. The van der Waals surface area contributed by atoms with E-state index in [9.17, 15) is 9.59 Å².